The molecule has 0 aromatic heterocycles. The Labute approximate surface area is 139 Å². The fraction of sp³-hybridized carbons (Fsp3) is 0.222. The average Bonchev–Trinajstić information content (AvgIpc) is 2.97. The van der Waals surface area contributed by atoms with Crippen LogP contribution in [0.3, 0.4) is 0 Å². The molecule has 1 aliphatic heterocycles. The molecule has 0 radical (unpaired) electrons. The van der Waals surface area contributed by atoms with E-state index >= 15 is 0 Å². The number of halogens is 3. The second kappa shape index (κ2) is 6.69. The Morgan fingerprint density at radius 2 is 1.91 bits per heavy atom. The molecular formula is C18H17ClF2N2. The van der Waals surface area contributed by atoms with Crippen LogP contribution in [0.2, 0.25) is 5.02 Å². The second-order valence-corrected chi connectivity index (χ2v) is 6.00. The van der Waals surface area contributed by atoms with Crippen molar-refractivity contribution >= 4 is 17.3 Å². The van der Waals surface area contributed by atoms with Gasteiger partial charge in [0.25, 0.3) is 0 Å². The summed E-state index contributed by atoms with van der Waals surface area (Å²) in [7, 11) is 0. The van der Waals surface area contributed by atoms with Crippen molar-refractivity contribution in [3.8, 4) is 11.1 Å². The Morgan fingerprint density at radius 1 is 1.17 bits per heavy atom. The van der Waals surface area contributed by atoms with Crippen molar-refractivity contribution < 1.29 is 8.78 Å². The highest BCUT2D eigenvalue weighted by Gasteiger charge is 2.26. The van der Waals surface area contributed by atoms with Gasteiger partial charge in [0.15, 0.2) is 5.82 Å². The smallest absolute Gasteiger partial charge is 0.154 e. The third kappa shape index (κ3) is 3.38. The first-order chi connectivity index (χ1) is 11.1. The number of benzene rings is 2. The molecular weight excluding hydrogens is 318 g/mol. The predicted molar refractivity (Wildman–Crippen MR) is 90.9 cm³/mol. The Bertz CT molecular complexity index is 733. The zero-order valence-electron chi connectivity index (χ0n) is 12.5. The third-order valence-electron chi connectivity index (χ3n) is 3.96. The molecule has 0 amide bonds. The first-order valence-electron chi connectivity index (χ1n) is 7.43. The average molecular weight is 335 g/mol. The van der Waals surface area contributed by atoms with Gasteiger partial charge >= 0.3 is 0 Å². The van der Waals surface area contributed by atoms with Gasteiger partial charge in [-0.15, -0.1) is 0 Å². The van der Waals surface area contributed by atoms with Gasteiger partial charge in [-0.3, -0.25) is 0 Å². The molecule has 1 saturated heterocycles. The summed E-state index contributed by atoms with van der Waals surface area (Å²) in [6.45, 7) is 4.19. The maximum atomic E-state index is 14.8. The number of rotatable bonds is 4. The van der Waals surface area contributed by atoms with Crippen LogP contribution >= 0.6 is 11.6 Å². The summed E-state index contributed by atoms with van der Waals surface area (Å²) in [4.78, 5) is 0. The van der Waals surface area contributed by atoms with E-state index in [1.807, 2.05) is 6.07 Å². The van der Waals surface area contributed by atoms with Crippen molar-refractivity contribution in [3.63, 3.8) is 0 Å². The van der Waals surface area contributed by atoms with Gasteiger partial charge in [-0.05, 0) is 12.1 Å². The number of alkyl halides is 1. The maximum Gasteiger partial charge on any atom is 0.154 e. The minimum atomic E-state index is -0.891. The van der Waals surface area contributed by atoms with Gasteiger partial charge in [-0.1, -0.05) is 48.5 Å². The van der Waals surface area contributed by atoms with Crippen LogP contribution in [0, 0.1) is 5.82 Å². The first-order valence-corrected chi connectivity index (χ1v) is 7.80. The number of hydrogen-bond acceptors (Lipinski definition) is 2. The monoisotopic (exact) mass is 334 g/mol. The fourth-order valence-electron chi connectivity index (χ4n) is 2.73. The quantitative estimate of drug-likeness (QED) is 0.841. The van der Waals surface area contributed by atoms with E-state index in [0.717, 1.165) is 0 Å². The van der Waals surface area contributed by atoms with E-state index in [4.69, 9.17) is 11.6 Å². The molecule has 23 heavy (non-hydrogen) atoms. The normalized spacial score (nSPS) is 20.5. The molecule has 0 bridgehead atoms. The summed E-state index contributed by atoms with van der Waals surface area (Å²) in [5, 5.41) is 6.47. The van der Waals surface area contributed by atoms with Crippen molar-refractivity contribution in [2.24, 2.45) is 0 Å². The minimum absolute atomic E-state index is 0.201. The number of hydrogen-bond donors (Lipinski definition) is 2. The zero-order valence-corrected chi connectivity index (χ0v) is 13.2. The van der Waals surface area contributed by atoms with Crippen molar-refractivity contribution in [3.05, 3.63) is 65.6 Å². The Kier molecular flexibility index (Phi) is 4.64. The molecule has 2 atom stereocenters. The lowest BCUT2D eigenvalue weighted by Gasteiger charge is -2.17. The van der Waals surface area contributed by atoms with Crippen molar-refractivity contribution in [2.45, 2.75) is 18.6 Å². The van der Waals surface area contributed by atoms with Crippen molar-refractivity contribution in [1.29, 1.82) is 0 Å². The number of anilines is 1. The summed E-state index contributed by atoms with van der Waals surface area (Å²) in [5.74, 6) is -0.406. The molecule has 5 heteroatoms. The lowest BCUT2D eigenvalue weighted by Crippen LogP contribution is -2.27. The first kappa shape index (κ1) is 16.0. The molecule has 120 valence electrons. The third-order valence-corrected chi connectivity index (χ3v) is 4.29. The van der Waals surface area contributed by atoms with Gasteiger partial charge in [-0.2, -0.15) is 0 Å². The van der Waals surface area contributed by atoms with Crippen LogP contribution in [0.25, 0.3) is 11.1 Å². The van der Waals surface area contributed by atoms with Crippen LogP contribution in [0.4, 0.5) is 14.5 Å². The minimum Gasteiger partial charge on any atom is -0.356 e. The summed E-state index contributed by atoms with van der Waals surface area (Å²) in [6, 6.07) is 11.9. The van der Waals surface area contributed by atoms with Gasteiger partial charge in [-0.25, -0.2) is 8.78 Å². The molecule has 1 aliphatic rings. The molecule has 3 rings (SSSR count). The van der Waals surface area contributed by atoms with Crippen LogP contribution in [-0.4, -0.2) is 18.8 Å². The Morgan fingerprint density at radius 3 is 2.61 bits per heavy atom. The predicted octanol–water partition coefficient (Wildman–Crippen LogP) is 4.77. The van der Waals surface area contributed by atoms with E-state index in [1.165, 1.54) is 0 Å². The van der Waals surface area contributed by atoms with E-state index < -0.39 is 12.0 Å². The molecule has 0 spiro atoms. The molecule has 2 aromatic rings. The van der Waals surface area contributed by atoms with Gasteiger partial charge in [0.05, 0.1) is 5.69 Å². The lowest BCUT2D eigenvalue weighted by molar-refractivity contribution is 0.358. The lowest BCUT2D eigenvalue weighted by atomic mass is 10.0. The standard InChI is InChI=1S/C18H17ClF2N2/c1-11(17-9-12(20)10-22-17)23-16-8-4-6-14(18(16)21)13-5-2-3-7-15(13)19/h2-8,12,17,22-23H,1,9-10H2/t12-,17+/m1/s1. The second-order valence-electron chi connectivity index (χ2n) is 5.59. The highest BCUT2D eigenvalue weighted by molar-refractivity contribution is 6.33. The molecule has 0 saturated carbocycles. The number of nitrogens with one attached hydrogen (secondary N) is 2. The van der Waals surface area contributed by atoms with Crippen molar-refractivity contribution in [2.75, 3.05) is 11.9 Å². The van der Waals surface area contributed by atoms with Crippen LogP contribution in [0.5, 0.6) is 0 Å². The van der Waals surface area contributed by atoms with Gasteiger partial charge in [0.1, 0.15) is 6.17 Å². The molecule has 2 aromatic carbocycles. The van der Waals surface area contributed by atoms with Crippen LogP contribution in [0.1, 0.15) is 6.42 Å². The summed E-state index contributed by atoms with van der Waals surface area (Å²) in [6.07, 6.45) is -0.546. The molecule has 0 aliphatic carbocycles. The van der Waals surface area contributed by atoms with Crippen molar-refractivity contribution in [1.82, 2.24) is 5.32 Å². The fourth-order valence-corrected chi connectivity index (χ4v) is 2.97. The van der Waals surface area contributed by atoms with E-state index in [0.29, 0.717) is 40.5 Å². The maximum absolute atomic E-state index is 14.8. The molecule has 2 N–H and O–H groups in total. The van der Waals surface area contributed by atoms with Crippen LogP contribution in [0.15, 0.2) is 54.7 Å². The highest BCUT2D eigenvalue weighted by atomic mass is 35.5. The molecule has 1 heterocycles. The molecule has 0 unspecified atom stereocenters. The summed E-state index contributed by atoms with van der Waals surface area (Å²) >= 11 is 6.15. The van der Waals surface area contributed by atoms with Gasteiger partial charge in [0.2, 0.25) is 0 Å². The van der Waals surface area contributed by atoms with Crippen LogP contribution in [-0.2, 0) is 0 Å². The largest absolute Gasteiger partial charge is 0.356 e. The van der Waals surface area contributed by atoms with E-state index in [1.54, 1.807) is 36.4 Å². The SMILES string of the molecule is C=C(Nc1cccc(-c2ccccc2Cl)c1F)[C@@H]1C[C@@H](F)CN1. The van der Waals surface area contributed by atoms with E-state index in [-0.39, 0.29) is 6.04 Å². The van der Waals surface area contributed by atoms with Gasteiger partial charge in [0, 0.05) is 40.9 Å². The van der Waals surface area contributed by atoms with E-state index in [9.17, 15) is 8.78 Å². The topological polar surface area (TPSA) is 24.1 Å². The van der Waals surface area contributed by atoms with Gasteiger partial charge < -0.3 is 10.6 Å². The van der Waals surface area contributed by atoms with E-state index in [2.05, 4.69) is 17.2 Å². The highest BCUT2D eigenvalue weighted by Crippen LogP contribution is 2.33. The van der Waals surface area contributed by atoms with Crippen LogP contribution < -0.4 is 10.6 Å². The molecule has 2 nitrogen and oxygen atoms in total. The summed E-state index contributed by atoms with van der Waals surface area (Å²) < 4.78 is 28.1. The Hall–Kier alpha value is -1.91. The zero-order chi connectivity index (χ0) is 16.4. The Balaban J connectivity index is 1.86. The summed E-state index contributed by atoms with van der Waals surface area (Å²) in [5.41, 5.74) is 1.90. The molecule has 1 fully saturated rings.